The maximum Gasteiger partial charge on any atom is 0.337 e. The van der Waals surface area contributed by atoms with Gasteiger partial charge in [-0.25, -0.2) is 9.78 Å². The van der Waals surface area contributed by atoms with Crippen molar-refractivity contribution in [3.63, 3.8) is 0 Å². The van der Waals surface area contributed by atoms with Crippen molar-refractivity contribution in [2.24, 2.45) is 5.41 Å². The van der Waals surface area contributed by atoms with E-state index in [1.54, 1.807) is 0 Å². The van der Waals surface area contributed by atoms with Gasteiger partial charge in [-0.3, -0.25) is 0 Å². The molecular weight excluding hydrogens is 266 g/mol. The second-order valence-electron chi connectivity index (χ2n) is 6.49. The van der Waals surface area contributed by atoms with Gasteiger partial charge in [0.05, 0.1) is 11.3 Å². The molecule has 1 aromatic heterocycles. The Bertz CT molecular complexity index is 528. The molecule has 1 spiro atoms. The van der Waals surface area contributed by atoms with E-state index >= 15 is 0 Å². The Labute approximate surface area is 125 Å². The molecule has 5 nitrogen and oxygen atoms in total. The molecule has 2 fully saturated rings. The molecule has 3 N–H and O–H groups in total. The monoisotopic (exact) mass is 289 g/mol. The Kier molecular flexibility index (Phi) is 3.74. The molecule has 0 unspecified atom stereocenters. The molecule has 21 heavy (non-hydrogen) atoms. The summed E-state index contributed by atoms with van der Waals surface area (Å²) < 4.78 is 0. The summed E-state index contributed by atoms with van der Waals surface area (Å²) in [6.07, 6.45) is 10.7. The fourth-order valence-corrected chi connectivity index (χ4v) is 3.85. The summed E-state index contributed by atoms with van der Waals surface area (Å²) in [6, 6.07) is 1.51. The highest BCUT2D eigenvalue weighted by molar-refractivity contribution is 5.89. The van der Waals surface area contributed by atoms with E-state index in [0.29, 0.717) is 11.1 Å². The number of rotatable bonds is 2. The van der Waals surface area contributed by atoms with E-state index in [2.05, 4.69) is 9.88 Å². The van der Waals surface area contributed by atoms with Crippen molar-refractivity contribution in [1.29, 1.82) is 0 Å². The second kappa shape index (κ2) is 5.54. The van der Waals surface area contributed by atoms with Crippen molar-refractivity contribution < 1.29 is 9.90 Å². The number of pyridine rings is 1. The van der Waals surface area contributed by atoms with Crippen LogP contribution in [0.15, 0.2) is 12.3 Å². The van der Waals surface area contributed by atoms with E-state index in [4.69, 9.17) is 10.8 Å². The number of aromatic nitrogens is 1. The minimum atomic E-state index is -0.986. The average molecular weight is 289 g/mol. The number of nitrogens with zero attached hydrogens (tertiary/aromatic N) is 2. The lowest BCUT2D eigenvalue weighted by atomic mass is 9.68. The number of hydrogen-bond acceptors (Lipinski definition) is 4. The van der Waals surface area contributed by atoms with Crippen LogP contribution in [0.1, 0.15) is 55.3 Å². The van der Waals surface area contributed by atoms with Crippen LogP contribution in [0.25, 0.3) is 0 Å². The second-order valence-corrected chi connectivity index (χ2v) is 6.49. The van der Waals surface area contributed by atoms with Crippen molar-refractivity contribution in [1.82, 2.24) is 4.98 Å². The molecule has 3 rings (SSSR count). The number of piperidine rings is 1. The van der Waals surface area contributed by atoms with Crippen molar-refractivity contribution >= 4 is 17.5 Å². The van der Waals surface area contributed by atoms with Gasteiger partial charge in [0.15, 0.2) is 5.82 Å². The topological polar surface area (TPSA) is 79.5 Å². The summed E-state index contributed by atoms with van der Waals surface area (Å²) in [7, 11) is 0. The van der Waals surface area contributed by atoms with Gasteiger partial charge in [0.1, 0.15) is 0 Å². The zero-order chi connectivity index (χ0) is 14.9. The molecule has 2 aliphatic rings. The summed E-state index contributed by atoms with van der Waals surface area (Å²) in [6.45, 7) is 1.95. The number of nitrogen functional groups attached to an aromatic ring is 1. The summed E-state index contributed by atoms with van der Waals surface area (Å²) >= 11 is 0. The molecule has 2 heterocycles. The number of carboxylic acids is 1. The SMILES string of the molecule is Nc1cc(C(=O)O)cnc1N1CCC2(CCCCC2)CC1. The highest BCUT2D eigenvalue weighted by Gasteiger charge is 2.36. The van der Waals surface area contributed by atoms with E-state index in [1.165, 1.54) is 57.2 Å². The quantitative estimate of drug-likeness (QED) is 0.875. The fraction of sp³-hybridized carbons (Fsp3) is 0.625. The molecule has 1 aliphatic carbocycles. The first kappa shape index (κ1) is 14.2. The van der Waals surface area contributed by atoms with Crippen molar-refractivity contribution in [2.75, 3.05) is 23.7 Å². The fourth-order valence-electron chi connectivity index (χ4n) is 3.85. The van der Waals surface area contributed by atoms with Gasteiger partial charge >= 0.3 is 5.97 Å². The van der Waals surface area contributed by atoms with E-state index < -0.39 is 5.97 Å². The maximum atomic E-state index is 10.9. The van der Waals surface area contributed by atoms with Gasteiger partial charge in [0.25, 0.3) is 0 Å². The minimum Gasteiger partial charge on any atom is -0.478 e. The molecular formula is C16H23N3O2. The maximum absolute atomic E-state index is 10.9. The summed E-state index contributed by atoms with van der Waals surface area (Å²) in [4.78, 5) is 17.4. The Morgan fingerprint density at radius 1 is 1.19 bits per heavy atom. The van der Waals surface area contributed by atoms with E-state index in [0.717, 1.165) is 18.9 Å². The summed E-state index contributed by atoms with van der Waals surface area (Å²) in [5.74, 6) is -0.244. The van der Waals surface area contributed by atoms with E-state index in [1.807, 2.05) is 0 Å². The highest BCUT2D eigenvalue weighted by atomic mass is 16.4. The summed E-state index contributed by atoms with van der Waals surface area (Å²) in [5.41, 5.74) is 7.16. The third kappa shape index (κ3) is 2.82. The van der Waals surface area contributed by atoms with Gasteiger partial charge in [-0.05, 0) is 37.2 Å². The highest BCUT2D eigenvalue weighted by Crippen LogP contribution is 2.45. The van der Waals surface area contributed by atoms with Crippen LogP contribution in [0.2, 0.25) is 0 Å². The van der Waals surface area contributed by atoms with Crippen molar-refractivity contribution in [2.45, 2.75) is 44.9 Å². The molecule has 0 amide bonds. The standard InChI is InChI=1S/C16H23N3O2/c17-13-10-12(15(20)21)11-18-14(13)19-8-6-16(7-9-19)4-2-1-3-5-16/h10-11H,1-9,17H2,(H,20,21). The number of carboxylic acid groups (broad SMARTS) is 1. The molecule has 114 valence electrons. The molecule has 5 heteroatoms. The van der Waals surface area contributed by atoms with Crippen molar-refractivity contribution in [3.8, 4) is 0 Å². The Balaban J connectivity index is 1.70. The minimum absolute atomic E-state index is 0.150. The zero-order valence-electron chi connectivity index (χ0n) is 12.3. The van der Waals surface area contributed by atoms with E-state index in [-0.39, 0.29) is 5.56 Å². The van der Waals surface area contributed by atoms with Gasteiger partial charge in [0, 0.05) is 19.3 Å². The van der Waals surface area contributed by atoms with Crippen molar-refractivity contribution in [3.05, 3.63) is 17.8 Å². The lowest BCUT2D eigenvalue weighted by Gasteiger charge is -2.44. The van der Waals surface area contributed by atoms with Crippen LogP contribution in [-0.2, 0) is 0 Å². The molecule has 1 saturated carbocycles. The molecule has 1 aliphatic heterocycles. The lowest BCUT2D eigenvalue weighted by Crippen LogP contribution is -2.41. The largest absolute Gasteiger partial charge is 0.478 e. The third-order valence-corrected chi connectivity index (χ3v) is 5.18. The first-order valence-electron chi connectivity index (χ1n) is 7.83. The zero-order valence-corrected chi connectivity index (χ0v) is 12.3. The first-order chi connectivity index (χ1) is 10.1. The van der Waals surface area contributed by atoms with Gasteiger partial charge in [-0.2, -0.15) is 0 Å². The molecule has 0 bridgehead atoms. The molecule has 1 aromatic rings. The average Bonchev–Trinajstić information content (AvgIpc) is 2.49. The molecule has 0 radical (unpaired) electrons. The van der Waals surface area contributed by atoms with Crippen LogP contribution >= 0.6 is 0 Å². The predicted octanol–water partition coefficient (Wildman–Crippen LogP) is 2.91. The van der Waals surface area contributed by atoms with Crippen LogP contribution in [0.3, 0.4) is 0 Å². The summed E-state index contributed by atoms with van der Waals surface area (Å²) in [5, 5.41) is 8.97. The Morgan fingerprint density at radius 2 is 1.86 bits per heavy atom. The van der Waals surface area contributed by atoms with Gasteiger partial charge < -0.3 is 15.7 Å². The smallest absolute Gasteiger partial charge is 0.337 e. The number of anilines is 2. The number of aromatic carboxylic acids is 1. The lowest BCUT2D eigenvalue weighted by molar-refractivity contribution is 0.0696. The predicted molar refractivity (Wildman–Crippen MR) is 82.6 cm³/mol. The molecule has 1 saturated heterocycles. The van der Waals surface area contributed by atoms with Crippen LogP contribution in [0.5, 0.6) is 0 Å². The first-order valence-corrected chi connectivity index (χ1v) is 7.83. The van der Waals surface area contributed by atoms with Gasteiger partial charge in [-0.15, -0.1) is 0 Å². The third-order valence-electron chi connectivity index (χ3n) is 5.18. The molecule has 0 atom stereocenters. The van der Waals surface area contributed by atoms with Crippen LogP contribution in [-0.4, -0.2) is 29.1 Å². The van der Waals surface area contributed by atoms with Crippen LogP contribution in [0, 0.1) is 5.41 Å². The number of carbonyl (C=O) groups is 1. The van der Waals surface area contributed by atoms with E-state index in [9.17, 15) is 4.79 Å². The molecule has 0 aromatic carbocycles. The van der Waals surface area contributed by atoms with Crippen LogP contribution < -0.4 is 10.6 Å². The van der Waals surface area contributed by atoms with Gasteiger partial charge in [0.2, 0.25) is 0 Å². The normalized spacial score (nSPS) is 21.4. The Morgan fingerprint density at radius 3 is 2.43 bits per heavy atom. The Hall–Kier alpha value is -1.78. The van der Waals surface area contributed by atoms with Crippen LogP contribution in [0.4, 0.5) is 11.5 Å². The number of hydrogen-bond donors (Lipinski definition) is 2. The number of nitrogens with two attached hydrogens (primary N) is 1. The van der Waals surface area contributed by atoms with Gasteiger partial charge in [-0.1, -0.05) is 19.3 Å².